The lowest BCUT2D eigenvalue weighted by Gasteiger charge is -2.17. The van der Waals surface area contributed by atoms with Crippen molar-refractivity contribution in [3.8, 4) is 0 Å². The number of rotatable bonds is 12. The van der Waals surface area contributed by atoms with Gasteiger partial charge < -0.3 is 10.2 Å². The number of hydrogen-bond donors (Lipinski definition) is 2. The lowest BCUT2D eigenvalue weighted by Crippen LogP contribution is -2.01. The van der Waals surface area contributed by atoms with Gasteiger partial charge in [-0.15, -0.1) is 0 Å². The molecular weight excluding hydrogens is 458 g/mol. The topological polar surface area (TPSA) is 87.5 Å². The standard InChI is InChI=1S/C26H26ClNO4S/c27-21-11-9-19-10-13-22(28-23(19)17-21)12-8-18-4-3-5-20(16-18)24(33-15-14-26(31)32)6-1-2-7-25(29)30/h3-5,8-13,16-17,24H,1-2,6-7,14-15H2,(H,29,30)(H,31,32). The molecule has 1 aromatic heterocycles. The molecule has 1 heterocycles. The molecule has 3 aromatic rings. The third-order valence-electron chi connectivity index (χ3n) is 5.15. The zero-order valence-corrected chi connectivity index (χ0v) is 19.7. The number of carbonyl (C=O) groups is 2. The van der Waals surface area contributed by atoms with Crippen LogP contribution in [0.15, 0.2) is 54.6 Å². The summed E-state index contributed by atoms with van der Waals surface area (Å²) >= 11 is 7.69. The van der Waals surface area contributed by atoms with Crippen molar-refractivity contribution >= 4 is 58.4 Å². The van der Waals surface area contributed by atoms with Gasteiger partial charge in [0, 0.05) is 27.8 Å². The highest BCUT2D eigenvalue weighted by Gasteiger charge is 2.14. The molecular formula is C26H26ClNO4S. The van der Waals surface area contributed by atoms with E-state index >= 15 is 0 Å². The average Bonchev–Trinajstić information content (AvgIpc) is 2.78. The van der Waals surface area contributed by atoms with Crippen molar-refractivity contribution in [3.05, 3.63) is 76.4 Å². The molecule has 0 aliphatic heterocycles. The van der Waals surface area contributed by atoms with Crippen LogP contribution in [0.3, 0.4) is 0 Å². The summed E-state index contributed by atoms with van der Waals surface area (Å²) in [6, 6.07) is 17.8. The molecule has 0 aliphatic rings. The molecule has 0 radical (unpaired) electrons. The molecule has 0 saturated heterocycles. The summed E-state index contributed by atoms with van der Waals surface area (Å²) in [5, 5.41) is 19.6. The number of unbranched alkanes of at least 4 members (excludes halogenated alkanes) is 1. The van der Waals surface area contributed by atoms with Crippen LogP contribution in [0.1, 0.15) is 54.2 Å². The van der Waals surface area contributed by atoms with Crippen LogP contribution in [0.4, 0.5) is 0 Å². The predicted octanol–water partition coefficient (Wildman–Crippen LogP) is 6.95. The van der Waals surface area contributed by atoms with E-state index in [1.807, 2.05) is 60.7 Å². The van der Waals surface area contributed by atoms with Gasteiger partial charge in [-0.05, 0) is 48.2 Å². The molecule has 7 heteroatoms. The number of thioether (sulfide) groups is 1. The zero-order chi connectivity index (χ0) is 23.6. The Morgan fingerprint density at radius 2 is 1.76 bits per heavy atom. The van der Waals surface area contributed by atoms with E-state index < -0.39 is 11.9 Å². The highest BCUT2D eigenvalue weighted by Crippen LogP contribution is 2.35. The SMILES string of the molecule is O=C(O)CCCCC(SCCC(=O)O)c1cccc(C=Cc2ccc3ccc(Cl)cc3n2)c1. The van der Waals surface area contributed by atoms with Crippen molar-refractivity contribution in [2.24, 2.45) is 0 Å². The number of halogens is 1. The first-order chi connectivity index (χ1) is 15.9. The summed E-state index contributed by atoms with van der Waals surface area (Å²) in [5.41, 5.74) is 3.81. The van der Waals surface area contributed by atoms with Crippen molar-refractivity contribution < 1.29 is 19.8 Å². The maximum absolute atomic E-state index is 10.9. The lowest BCUT2D eigenvalue weighted by atomic mass is 10.0. The third kappa shape index (κ3) is 8.22. The Kier molecular flexibility index (Phi) is 9.34. The smallest absolute Gasteiger partial charge is 0.304 e. The molecule has 2 N–H and O–H groups in total. The molecule has 0 aliphatic carbocycles. The van der Waals surface area contributed by atoms with E-state index in [0.717, 1.165) is 40.6 Å². The summed E-state index contributed by atoms with van der Waals surface area (Å²) in [6.45, 7) is 0. The number of nitrogens with zero attached hydrogens (tertiary/aromatic N) is 1. The fraction of sp³-hybridized carbons (Fsp3) is 0.269. The Morgan fingerprint density at radius 1 is 0.970 bits per heavy atom. The summed E-state index contributed by atoms with van der Waals surface area (Å²) in [6.07, 6.45) is 6.41. The summed E-state index contributed by atoms with van der Waals surface area (Å²) in [4.78, 5) is 26.4. The summed E-state index contributed by atoms with van der Waals surface area (Å²) in [5.74, 6) is -1.09. The first-order valence-corrected chi connectivity index (χ1v) is 12.2. The Labute approximate surface area is 202 Å². The Hall–Kier alpha value is -2.83. The Bertz CT molecular complexity index is 1150. The monoisotopic (exact) mass is 483 g/mol. The van der Waals surface area contributed by atoms with Crippen LogP contribution in [0.5, 0.6) is 0 Å². The van der Waals surface area contributed by atoms with Crippen LogP contribution in [0.2, 0.25) is 5.02 Å². The number of aromatic nitrogens is 1. The van der Waals surface area contributed by atoms with Crippen molar-refractivity contribution in [2.75, 3.05) is 5.75 Å². The highest BCUT2D eigenvalue weighted by atomic mass is 35.5. The Morgan fingerprint density at radius 3 is 2.55 bits per heavy atom. The van der Waals surface area contributed by atoms with Gasteiger partial charge in [0.1, 0.15) is 0 Å². The Balaban J connectivity index is 1.73. The minimum Gasteiger partial charge on any atom is -0.481 e. The summed E-state index contributed by atoms with van der Waals surface area (Å²) < 4.78 is 0. The molecule has 33 heavy (non-hydrogen) atoms. The maximum Gasteiger partial charge on any atom is 0.304 e. The van der Waals surface area contributed by atoms with Crippen LogP contribution >= 0.6 is 23.4 Å². The normalized spacial score (nSPS) is 12.3. The molecule has 0 spiro atoms. The van der Waals surface area contributed by atoms with Crippen LogP contribution in [-0.4, -0.2) is 32.9 Å². The van der Waals surface area contributed by atoms with E-state index in [9.17, 15) is 9.59 Å². The molecule has 1 unspecified atom stereocenters. The molecule has 0 saturated carbocycles. The molecule has 3 rings (SSSR count). The molecule has 0 amide bonds. The number of aliphatic carboxylic acids is 2. The van der Waals surface area contributed by atoms with E-state index in [2.05, 4.69) is 11.1 Å². The first kappa shape index (κ1) is 24.8. The van der Waals surface area contributed by atoms with Gasteiger partial charge in [0.15, 0.2) is 0 Å². The van der Waals surface area contributed by atoms with Gasteiger partial charge in [0.2, 0.25) is 0 Å². The maximum atomic E-state index is 10.9. The minimum atomic E-state index is -0.812. The van der Waals surface area contributed by atoms with Crippen LogP contribution in [-0.2, 0) is 9.59 Å². The second-order valence-electron chi connectivity index (χ2n) is 7.72. The van der Waals surface area contributed by atoms with Gasteiger partial charge in [-0.1, -0.05) is 60.5 Å². The van der Waals surface area contributed by atoms with Crippen molar-refractivity contribution in [1.82, 2.24) is 4.98 Å². The van der Waals surface area contributed by atoms with E-state index in [1.54, 1.807) is 11.8 Å². The second kappa shape index (κ2) is 12.4. The van der Waals surface area contributed by atoms with Crippen molar-refractivity contribution in [3.63, 3.8) is 0 Å². The molecule has 0 fully saturated rings. The molecule has 0 bridgehead atoms. The zero-order valence-electron chi connectivity index (χ0n) is 18.1. The quantitative estimate of drug-likeness (QED) is 0.271. The summed E-state index contributed by atoms with van der Waals surface area (Å²) in [7, 11) is 0. The second-order valence-corrected chi connectivity index (χ2v) is 9.47. The first-order valence-electron chi connectivity index (χ1n) is 10.8. The van der Waals surface area contributed by atoms with E-state index in [0.29, 0.717) is 17.2 Å². The van der Waals surface area contributed by atoms with Crippen LogP contribution in [0.25, 0.3) is 23.1 Å². The number of pyridine rings is 1. The largest absolute Gasteiger partial charge is 0.481 e. The van der Waals surface area contributed by atoms with Crippen LogP contribution in [0, 0.1) is 0 Å². The number of carboxylic acid groups (broad SMARTS) is 2. The predicted molar refractivity (Wildman–Crippen MR) is 136 cm³/mol. The van der Waals surface area contributed by atoms with Crippen molar-refractivity contribution in [2.45, 2.75) is 37.4 Å². The van der Waals surface area contributed by atoms with Crippen LogP contribution < -0.4 is 0 Å². The van der Waals surface area contributed by atoms with Gasteiger partial charge in [-0.2, -0.15) is 11.8 Å². The third-order valence-corrected chi connectivity index (χ3v) is 6.73. The number of fused-ring (bicyclic) bond motifs is 1. The average molecular weight is 484 g/mol. The number of hydrogen-bond acceptors (Lipinski definition) is 4. The molecule has 1 atom stereocenters. The van der Waals surface area contributed by atoms with Gasteiger partial charge in [-0.25, -0.2) is 4.98 Å². The fourth-order valence-electron chi connectivity index (χ4n) is 3.48. The highest BCUT2D eigenvalue weighted by molar-refractivity contribution is 7.99. The van der Waals surface area contributed by atoms with E-state index in [4.69, 9.17) is 21.8 Å². The molecule has 172 valence electrons. The van der Waals surface area contributed by atoms with Gasteiger partial charge in [-0.3, -0.25) is 9.59 Å². The van der Waals surface area contributed by atoms with Gasteiger partial charge >= 0.3 is 11.9 Å². The fourth-order valence-corrected chi connectivity index (χ4v) is 4.90. The van der Waals surface area contributed by atoms with E-state index in [1.165, 1.54) is 0 Å². The minimum absolute atomic E-state index is 0.105. The van der Waals surface area contributed by atoms with Crippen molar-refractivity contribution in [1.29, 1.82) is 0 Å². The molecule has 5 nitrogen and oxygen atoms in total. The van der Waals surface area contributed by atoms with E-state index in [-0.39, 0.29) is 18.1 Å². The number of benzene rings is 2. The molecule has 2 aromatic carbocycles. The van der Waals surface area contributed by atoms with Gasteiger partial charge in [0.05, 0.1) is 17.6 Å². The lowest BCUT2D eigenvalue weighted by molar-refractivity contribution is -0.137. The van der Waals surface area contributed by atoms with Gasteiger partial charge in [0.25, 0.3) is 0 Å². The number of carboxylic acids is 2.